The van der Waals surface area contributed by atoms with Crippen LogP contribution in [0.25, 0.3) is 0 Å². The van der Waals surface area contributed by atoms with Crippen molar-refractivity contribution in [2.75, 3.05) is 6.54 Å². The topological polar surface area (TPSA) is 56.2 Å². The first-order valence-electron chi connectivity index (χ1n) is 8.41. The van der Waals surface area contributed by atoms with Crippen molar-refractivity contribution in [2.24, 2.45) is 0 Å². The van der Waals surface area contributed by atoms with E-state index in [-0.39, 0.29) is 6.09 Å². The summed E-state index contributed by atoms with van der Waals surface area (Å²) < 4.78 is 7.37. The summed E-state index contributed by atoms with van der Waals surface area (Å²) >= 11 is 0. The number of hydrogen-bond acceptors (Lipinski definition) is 3. The Morgan fingerprint density at radius 3 is 2.62 bits per heavy atom. The molecule has 1 heterocycles. The zero-order chi connectivity index (χ0) is 17.6. The van der Waals surface area contributed by atoms with Crippen molar-refractivity contribution in [1.82, 2.24) is 14.9 Å². The number of carbonyl (C=O) groups is 1. The molecule has 24 heavy (non-hydrogen) atoms. The van der Waals surface area contributed by atoms with E-state index >= 15 is 0 Å². The molecule has 0 saturated carbocycles. The van der Waals surface area contributed by atoms with Gasteiger partial charge in [0.15, 0.2) is 0 Å². The molecule has 0 unspecified atom stereocenters. The van der Waals surface area contributed by atoms with E-state index in [0.29, 0.717) is 13.0 Å². The fourth-order valence-electron chi connectivity index (χ4n) is 2.55. The number of alkyl carbamates (subject to hydrolysis) is 1. The molecule has 0 radical (unpaired) electrons. The highest BCUT2D eigenvalue weighted by atomic mass is 16.6. The van der Waals surface area contributed by atoms with Gasteiger partial charge in [0, 0.05) is 31.4 Å². The van der Waals surface area contributed by atoms with E-state index in [1.165, 1.54) is 11.1 Å². The lowest BCUT2D eigenvalue weighted by Gasteiger charge is -2.19. The summed E-state index contributed by atoms with van der Waals surface area (Å²) in [4.78, 5) is 15.9. The number of amides is 1. The molecule has 1 N–H and O–H groups in total. The number of nitrogens with one attached hydrogen (secondary N) is 1. The smallest absolute Gasteiger partial charge is 0.407 e. The van der Waals surface area contributed by atoms with Crippen LogP contribution in [0.2, 0.25) is 0 Å². The lowest BCUT2D eigenvalue weighted by molar-refractivity contribution is 0.0528. The molecule has 0 bridgehead atoms. The van der Waals surface area contributed by atoms with E-state index in [1.54, 1.807) is 0 Å². The molecule has 1 aromatic carbocycles. The van der Waals surface area contributed by atoms with Crippen LogP contribution in [0.4, 0.5) is 4.79 Å². The maximum atomic E-state index is 11.7. The van der Waals surface area contributed by atoms with Crippen LogP contribution in [0.5, 0.6) is 0 Å². The molecule has 130 valence electrons. The molecule has 0 aliphatic heterocycles. The predicted octanol–water partition coefficient (Wildman–Crippen LogP) is 3.56. The number of imidazole rings is 1. The van der Waals surface area contributed by atoms with Crippen LogP contribution in [-0.4, -0.2) is 27.8 Å². The first-order chi connectivity index (χ1) is 11.4. The summed E-state index contributed by atoms with van der Waals surface area (Å²) in [6.07, 6.45) is 5.04. The van der Waals surface area contributed by atoms with Gasteiger partial charge in [-0.2, -0.15) is 0 Å². The van der Waals surface area contributed by atoms with E-state index in [9.17, 15) is 4.79 Å². The van der Waals surface area contributed by atoms with Crippen molar-refractivity contribution in [3.63, 3.8) is 0 Å². The number of hydrogen-bond donors (Lipinski definition) is 1. The third kappa shape index (κ3) is 5.41. The number of rotatable bonds is 6. The van der Waals surface area contributed by atoms with Crippen molar-refractivity contribution in [3.05, 3.63) is 53.6 Å². The molecule has 2 aromatic rings. The first-order valence-corrected chi connectivity index (χ1v) is 8.41. The Bertz CT molecular complexity index is 671. The summed E-state index contributed by atoms with van der Waals surface area (Å²) in [6, 6.07) is 8.45. The molecule has 5 heteroatoms. The van der Waals surface area contributed by atoms with Gasteiger partial charge in [-0.05, 0) is 38.3 Å². The lowest BCUT2D eigenvalue weighted by Crippen LogP contribution is -2.33. The Hall–Kier alpha value is -2.30. The summed E-state index contributed by atoms with van der Waals surface area (Å²) in [5.74, 6) is 0. The fraction of sp³-hybridized carbons (Fsp3) is 0.474. The molecule has 0 aliphatic carbocycles. The average molecular weight is 329 g/mol. The van der Waals surface area contributed by atoms with Crippen LogP contribution >= 0.6 is 0 Å². The summed E-state index contributed by atoms with van der Waals surface area (Å²) in [5.41, 5.74) is 3.27. The van der Waals surface area contributed by atoms with E-state index in [1.807, 2.05) is 33.3 Å². The van der Waals surface area contributed by atoms with E-state index in [4.69, 9.17) is 4.74 Å². The standard InChI is InChI=1S/C19H27N3O2/c1-5-15-8-6-7-9-16(15)13-22-14-20-12-17(22)10-11-21-18(23)24-19(2,3)4/h6-9,12,14H,5,10-11,13H2,1-4H3,(H,21,23). The maximum absolute atomic E-state index is 11.7. The van der Waals surface area contributed by atoms with Crippen LogP contribution in [0.15, 0.2) is 36.8 Å². The molecule has 0 spiro atoms. The van der Waals surface area contributed by atoms with Crippen molar-refractivity contribution in [3.8, 4) is 0 Å². The molecule has 1 aromatic heterocycles. The second kappa shape index (κ2) is 7.99. The molecule has 0 saturated heterocycles. The highest BCUT2D eigenvalue weighted by Crippen LogP contribution is 2.13. The van der Waals surface area contributed by atoms with Crippen LogP contribution < -0.4 is 5.32 Å². The molecular formula is C19H27N3O2. The van der Waals surface area contributed by atoms with Gasteiger partial charge in [0.2, 0.25) is 0 Å². The van der Waals surface area contributed by atoms with Crippen molar-refractivity contribution in [1.29, 1.82) is 0 Å². The van der Waals surface area contributed by atoms with E-state index < -0.39 is 5.60 Å². The van der Waals surface area contributed by atoms with Crippen LogP contribution in [0, 0.1) is 0 Å². The molecule has 2 rings (SSSR count). The Kier molecular flexibility index (Phi) is 6.01. The Morgan fingerprint density at radius 2 is 1.96 bits per heavy atom. The van der Waals surface area contributed by atoms with E-state index in [0.717, 1.165) is 18.7 Å². The molecule has 0 aliphatic rings. The SMILES string of the molecule is CCc1ccccc1Cn1cncc1CCNC(=O)OC(C)(C)C. The van der Waals surface area contributed by atoms with Gasteiger partial charge in [-0.1, -0.05) is 31.2 Å². The predicted molar refractivity (Wildman–Crippen MR) is 95.1 cm³/mol. The third-order valence-electron chi connectivity index (χ3n) is 3.69. The van der Waals surface area contributed by atoms with Crippen LogP contribution in [-0.2, 0) is 24.1 Å². The number of nitrogens with zero attached hydrogens (tertiary/aromatic N) is 2. The molecule has 0 atom stereocenters. The number of benzene rings is 1. The fourth-order valence-corrected chi connectivity index (χ4v) is 2.55. The monoisotopic (exact) mass is 329 g/mol. The highest BCUT2D eigenvalue weighted by molar-refractivity contribution is 5.67. The normalized spacial score (nSPS) is 11.3. The number of carbonyl (C=O) groups excluding carboxylic acids is 1. The maximum Gasteiger partial charge on any atom is 0.407 e. The number of ether oxygens (including phenoxy) is 1. The summed E-state index contributed by atoms with van der Waals surface area (Å²) in [6.45, 7) is 9.05. The van der Waals surface area contributed by atoms with Gasteiger partial charge in [0.25, 0.3) is 0 Å². The molecule has 1 amide bonds. The molecular weight excluding hydrogens is 302 g/mol. The number of aryl methyl sites for hydroxylation is 1. The quantitative estimate of drug-likeness (QED) is 0.881. The van der Waals surface area contributed by atoms with Gasteiger partial charge in [-0.3, -0.25) is 0 Å². The summed E-state index contributed by atoms with van der Waals surface area (Å²) in [7, 11) is 0. The largest absolute Gasteiger partial charge is 0.444 e. The van der Waals surface area contributed by atoms with Gasteiger partial charge in [-0.25, -0.2) is 9.78 Å². The van der Waals surface area contributed by atoms with Crippen molar-refractivity contribution < 1.29 is 9.53 Å². The lowest BCUT2D eigenvalue weighted by atomic mass is 10.1. The number of aromatic nitrogens is 2. The average Bonchev–Trinajstić information content (AvgIpc) is 2.93. The molecule has 0 fully saturated rings. The van der Waals surface area contributed by atoms with Crippen LogP contribution in [0.3, 0.4) is 0 Å². The second-order valence-electron chi connectivity index (χ2n) is 6.81. The molecule has 5 nitrogen and oxygen atoms in total. The van der Waals surface area contributed by atoms with Gasteiger partial charge < -0.3 is 14.6 Å². The highest BCUT2D eigenvalue weighted by Gasteiger charge is 2.15. The minimum Gasteiger partial charge on any atom is -0.444 e. The van der Waals surface area contributed by atoms with Crippen LogP contribution in [0.1, 0.15) is 44.5 Å². The van der Waals surface area contributed by atoms with Gasteiger partial charge in [0.1, 0.15) is 5.60 Å². The second-order valence-corrected chi connectivity index (χ2v) is 6.81. The minimum absolute atomic E-state index is 0.384. The van der Waals surface area contributed by atoms with Gasteiger partial charge in [-0.15, -0.1) is 0 Å². The van der Waals surface area contributed by atoms with Crippen molar-refractivity contribution in [2.45, 2.75) is 52.7 Å². The van der Waals surface area contributed by atoms with Gasteiger partial charge in [0.05, 0.1) is 6.33 Å². The Balaban J connectivity index is 1.92. The Morgan fingerprint density at radius 1 is 1.25 bits per heavy atom. The van der Waals surface area contributed by atoms with Crippen molar-refractivity contribution >= 4 is 6.09 Å². The Labute approximate surface area is 144 Å². The zero-order valence-corrected chi connectivity index (χ0v) is 15.0. The third-order valence-corrected chi connectivity index (χ3v) is 3.69. The van der Waals surface area contributed by atoms with Gasteiger partial charge >= 0.3 is 6.09 Å². The first kappa shape index (κ1) is 18.0. The minimum atomic E-state index is -0.476. The van der Waals surface area contributed by atoms with E-state index in [2.05, 4.69) is 46.1 Å². The summed E-state index contributed by atoms with van der Waals surface area (Å²) in [5, 5.41) is 2.79. The zero-order valence-electron chi connectivity index (χ0n) is 15.0.